The van der Waals surface area contributed by atoms with Crippen molar-refractivity contribution in [2.45, 2.75) is 6.92 Å². The van der Waals surface area contributed by atoms with Gasteiger partial charge in [0.15, 0.2) is 11.0 Å². The molecule has 0 N–H and O–H groups in total. The molecule has 4 heteroatoms. The van der Waals surface area contributed by atoms with Gasteiger partial charge in [0.2, 0.25) is 0 Å². The van der Waals surface area contributed by atoms with Crippen molar-refractivity contribution in [2.75, 3.05) is 0 Å². The minimum Gasteiger partial charge on any atom is -0.228 e. The Morgan fingerprint density at radius 1 is 1.86 bits per heavy atom. The molecule has 0 aliphatic carbocycles. The normalized spacial score (nSPS) is 28.1. The third-order valence-electron chi connectivity index (χ3n) is 0.550. The molecule has 1 rings (SSSR count). The lowest BCUT2D eigenvalue weighted by Crippen LogP contribution is -1.64. The van der Waals surface area contributed by atoms with Crippen molar-refractivity contribution in [2.24, 2.45) is 9.63 Å². The molecule has 1 heterocycles. The highest BCUT2D eigenvalue weighted by Gasteiger charge is 1.98. The lowest BCUT2D eigenvalue weighted by atomic mass is 10.6. The third kappa shape index (κ3) is 0.928. The zero-order valence-corrected chi connectivity index (χ0v) is 4.60. The average Bonchev–Trinajstić information content (AvgIpc) is 1.87. The predicted octanol–water partition coefficient (Wildman–Crippen LogP) is 0.977. The molecule has 0 aromatic heterocycles. The summed E-state index contributed by atoms with van der Waals surface area (Å²) in [5, 5.41) is 5.00. The first-order chi connectivity index (χ1) is 3.29. The minimum atomic E-state index is -1.16. The molecule has 0 aromatic rings. The monoisotopic (exact) mass is 116 g/mol. The smallest absolute Gasteiger partial charge is 0.186 e. The molecule has 1 atom stereocenters. The Bertz CT molecular complexity index is 160. The predicted molar refractivity (Wildman–Crippen MR) is 26.8 cm³/mol. The van der Waals surface area contributed by atoms with Crippen molar-refractivity contribution < 1.29 is 4.21 Å². The van der Waals surface area contributed by atoms with Gasteiger partial charge < -0.3 is 0 Å². The molecular weight excluding hydrogens is 112 g/mol. The second kappa shape index (κ2) is 1.54. The Kier molecular flexibility index (Phi) is 1.02. The number of hydrogen-bond acceptors (Lipinski definition) is 2. The lowest BCUT2D eigenvalue weighted by molar-refractivity contribution is 0.689. The summed E-state index contributed by atoms with van der Waals surface area (Å²) in [6.45, 7) is 1.76. The van der Waals surface area contributed by atoms with E-state index in [0.29, 0.717) is 0 Å². The quantitative estimate of drug-likeness (QED) is 0.465. The fraction of sp³-hybridized carbons (Fsp3) is 0.333. The number of allylic oxidation sites excluding steroid dienone is 1. The van der Waals surface area contributed by atoms with Gasteiger partial charge in [0.05, 0.1) is 11.1 Å². The van der Waals surface area contributed by atoms with Gasteiger partial charge in [-0.2, -0.15) is 0 Å². The summed E-state index contributed by atoms with van der Waals surface area (Å²) in [5.74, 6) is 0. The molecule has 0 saturated carbocycles. The van der Waals surface area contributed by atoms with Crippen LogP contribution in [0.2, 0.25) is 0 Å². The van der Waals surface area contributed by atoms with Gasteiger partial charge in [0.1, 0.15) is 0 Å². The molecular formula is C3H4N2OS. The van der Waals surface area contributed by atoms with Gasteiger partial charge in [-0.05, 0) is 6.92 Å². The van der Waals surface area contributed by atoms with E-state index in [2.05, 4.69) is 9.63 Å². The molecule has 0 aromatic carbocycles. The topological polar surface area (TPSA) is 41.8 Å². The molecule has 1 aliphatic rings. The minimum absolute atomic E-state index is 0.735. The number of hydrogen-bond donors (Lipinski definition) is 0. The second-order valence-electron chi connectivity index (χ2n) is 1.22. The summed E-state index contributed by atoms with van der Waals surface area (Å²) < 4.78 is 13.5. The first-order valence-electron chi connectivity index (χ1n) is 1.80. The fourth-order valence-electron chi connectivity index (χ4n) is 0.298. The van der Waals surface area contributed by atoms with Gasteiger partial charge in [0, 0.05) is 0 Å². The molecule has 0 fully saturated rings. The van der Waals surface area contributed by atoms with Gasteiger partial charge in [0.25, 0.3) is 0 Å². The zero-order valence-electron chi connectivity index (χ0n) is 3.79. The highest BCUT2D eigenvalue weighted by Crippen LogP contribution is 2.07. The summed E-state index contributed by atoms with van der Waals surface area (Å²) in [6, 6.07) is 0. The van der Waals surface area contributed by atoms with Crippen LogP contribution in [-0.4, -0.2) is 4.21 Å². The molecule has 7 heavy (non-hydrogen) atoms. The van der Waals surface area contributed by atoms with Crippen molar-refractivity contribution in [1.82, 2.24) is 0 Å². The second-order valence-corrected chi connectivity index (χ2v) is 2.17. The molecule has 1 aliphatic heterocycles. The van der Waals surface area contributed by atoms with Crippen LogP contribution >= 0.6 is 0 Å². The summed E-state index contributed by atoms with van der Waals surface area (Å²) in [6.07, 6.45) is 0. The molecule has 38 valence electrons. The van der Waals surface area contributed by atoms with Crippen molar-refractivity contribution in [3.05, 3.63) is 11.1 Å². The summed E-state index contributed by atoms with van der Waals surface area (Å²) in [7, 11) is -1.16. The molecule has 0 radical (unpaired) electrons. The molecule has 1 unspecified atom stereocenters. The van der Waals surface area contributed by atoms with Crippen LogP contribution < -0.4 is 0 Å². The van der Waals surface area contributed by atoms with E-state index in [0.717, 1.165) is 5.70 Å². The van der Waals surface area contributed by atoms with E-state index in [4.69, 9.17) is 0 Å². The average molecular weight is 116 g/mol. The molecule has 0 amide bonds. The van der Waals surface area contributed by atoms with E-state index < -0.39 is 11.0 Å². The summed E-state index contributed by atoms with van der Waals surface area (Å²) >= 11 is 0. The maximum absolute atomic E-state index is 10.2. The number of rotatable bonds is 0. The van der Waals surface area contributed by atoms with Crippen LogP contribution in [0, 0.1) is 0 Å². The van der Waals surface area contributed by atoms with E-state index in [1.165, 1.54) is 5.41 Å². The molecule has 0 saturated heterocycles. The van der Waals surface area contributed by atoms with E-state index in [1.54, 1.807) is 6.92 Å². The van der Waals surface area contributed by atoms with Gasteiger partial charge >= 0.3 is 0 Å². The Hall–Kier alpha value is -0.510. The highest BCUT2D eigenvalue weighted by atomic mass is 32.2. The van der Waals surface area contributed by atoms with Crippen LogP contribution in [0.4, 0.5) is 0 Å². The van der Waals surface area contributed by atoms with Crippen molar-refractivity contribution >= 4 is 11.0 Å². The van der Waals surface area contributed by atoms with Crippen molar-refractivity contribution in [1.29, 1.82) is 0 Å². The maximum Gasteiger partial charge on any atom is 0.186 e. The molecule has 0 bridgehead atoms. The first-order valence-corrected chi connectivity index (χ1v) is 2.97. The first kappa shape index (κ1) is 4.64. The van der Waals surface area contributed by atoms with E-state index in [9.17, 15) is 4.21 Å². The van der Waals surface area contributed by atoms with Crippen molar-refractivity contribution in [3.8, 4) is 0 Å². The van der Waals surface area contributed by atoms with Gasteiger partial charge in [-0.3, -0.25) is 0 Å². The van der Waals surface area contributed by atoms with Gasteiger partial charge in [-0.1, -0.05) is 4.52 Å². The Morgan fingerprint density at radius 3 is 2.71 bits per heavy atom. The van der Waals surface area contributed by atoms with Crippen LogP contribution in [0.25, 0.3) is 0 Å². The standard InChI is InChI=1S/C3H4N2OS/c1-3-2-7(6)5-4-3/h2H,1H3. The van der Waals surface area contributed by atoms with Crippen LogP contribution in [0.1, 0.15) is 6.92 Å². The van der Waals surface area contributed by atoms with E-state index in [-0.39, 0.29) is 0 Å². The fourth-order valence-corrected chi connectivity index (χ4v) is 0.893. The van der Waals surface area contributed by atoms with Gasteiger partial charge in [-0.25, -0.2) is 4.21 Å². The Labute approximate surface area is 43.7 Å². The van der Waals surface area contributed by atoms with E-state index in [1.807, 2.05) is 0 Å². The Balaban J connectivity index is 2.88. The lowest BCUT2D eigenvalue weighted by Gasteiger charge is -1.67. The van der Waals surface area contributed by atoms with Crippen LogP contribution in [-0.2, 0) is 11.0 Å². The van der Waals surface area contributed by atoms with Crippen LogP contribution in [0.15, 0.2) is 20.7 Å². The molecule has 0 spiro atoms. The Morgan fingerprint density at radius 2 is 2.57 bits per heavy atom. The highest BCUT2D eigenvalue weighted by molar-refractivity contribution is 7.86. The number of nitrogens with zero attached hydrogens (tertiary/aromatic N) is 2. The van der Waals surface area contributed by atoms with Gasteiger partial charge in [-0.15, -0.1) is 5.11 Å². The third-order valence-corrected chi connectivity index (χ3v) is 1.34. The van der Waals surface area contributed by atoms with Crippen LogP contribution in [0.5, 0.6) is 0 Å². The van der Waals surface area contributed by atoms with Crippen molar-refractivity contribution in [3.63, 3.8) is 0 Å². The van der Waals surface area contributed by atoms with E-state index >= 15 is 0 Å². The largest absolute Gasteiger partial charge is 0.228 e. The molecule has 3 nitrogen and oxygen atoms in total. The maximum atomic E-state index is 10.2. The summed E-state index contributed by atoms with van der Waals surface area (Å²) in [4.78, 5) is 0. The zero-order chi connectivity index (χ0) is 5.28. The SMILES string of the molecule is CC1=CS(=O)N=N1. The van der Waals surface area contributed by atoms with Crippen LogP contribution in [0.3, 0.4) is 0 Å². The summed E-state index contributed by atoms with van der Waals surface area (Å²) in [5.41, 5.74) is 0.735.